The molecule has 0 fully saturated rings. The van der Waals surface area contributed by atoms with Crippen molar-refractivity contribution in [1.82, 2.24) is 5.32 Å². The van der Waals surface area contributed by atoms with Gasteiger partial charge in [-0.2, -0.15) is 5.26 Å². The van der Waals surface area contributed by atoms with Crippen molar-refractivity contribution in [3.63, 3.8) is 0 Å². The smallest absolute Gasteiger partial charge is 0.261 e. The fourth-order valence-electron chi connectivity index (χ4n) is 2.72. The number of nitriles is 1. The molecule has 28 heavy (non-hydrogen) atoms. The monoisotopic (exact) mass is 376 g/mol. The Morgan fingerprint density at radius 2 is 2.07 bits per heavy atom. The van der Waals surface area contributed by atoms with E-state index in [1.165, 1.54) is 6.08 Å². The van der Waals surface area contributed by atoms with Crippen molar-refractivity contribution in [1.29, 1.82) is 5.26 Å². The van der Waals surface area contributed by atoms with Crippen molar-refractivity contribution < 1.29 is 14.6 Å². The molecule has 2 N–H and O–H groups in total. The molecule has 0 heterocycles. The molecule has 5 heteroatoms. The van der Waals surface area contributed by atoms with Crippen LogP contribution in [0, 0.1) is 11.3 Å². The van der Waals surface area contributed by atoms with Gasteiger partial charge >= 0.3 is 0 Å². The quantitative estimate of drug-likeness (QED) is 0.396. The number of hydrogen-bond acceptors (Lipinski definition) is 4. The summed E-state index contributed by atoms with van der Waals surface area (Å²) in [5.41, 5.74) is 2.33. The molecule has 0 unspecified atom stereocenters. The van der Waals surface area contributed by atoms with Gasteiger partial charge in [-0.05, 0) is 49.1 Å². The summed E-state index contributed by atoms with van der Waals surface area (Å²) < 4.78 is 5.46. The summed E-state index contributed by atoms with van der Waals surface area (Å²) in [5.74, 6) is -0.0747. The lowest BCUT2D eigenvalue weighted by molar-refractivity contribution is -0.117. The molecule has 0 radical (unpaired) electrons. The van der Waals surface area contributed by atoms with E-state index in [0.717, 1.165) is 5.56 Å². The molecule has 0 aliphatic heterocycles. The number of hydrogen-bond donors (Lipinski definition) is 2. The van der Waals surface area contributed by atoms with Crippen LogP contribution in [0.4, 0.5) is 0 Å². The van der Waals surface area contributed by atoms with Gasteiger partial charge in [-0.15, -0.1) is 6.58 Å². The van der Waals surface area contributed by atoms with Gasteiger partial charge in [-0.3, -0.25) is 4.79 Å². The molecule has 0 aliphatic carbocycles. The maximum Gasteiger partial charge on any atom is 0.261 e. The van der Waals surface area contributed by atoms with Crippen LogP contribution in [0.3, 0.4) is 0 Å². The van der Waals surface area contributed by atoms with E-state index in [1.807, 2.05) is 43.3 Å². The average molecular weight is 376 g/mol. The van der Waals surface area contributed by atoms with Crippen LogP contribution in [0.1, 0.15) is 23.6 Å². The molecule has 0 saturated heterocycles. The number of carbonyl (C=O) groups excluding carboxylic acids is 1. The fraction of sp³-hybridized carbons (Fsp3) is 0.217. The fourth-order valence-corrected chi connectivity index (χ4v) is 2.72. The number of phenolic OH excluding ortho intramolecular Hbond substituents is 1. The molecule has 2 rings (SSSR count). The molecule has 2 aromatic rings. The van der Waals surface area contributed by atoms with E-state index in [4.69, 9.17) is 4.74 Å². The molecule has 0 aromatic heterocycles. The lowest BCUT2D eigenvalue weighted by atomic mass is 10.0. The predicted molar refractivity (Wildman–Crippen MR) is 110 cm³/mol. The Bertz CT molecular complexity index is 896. The first-order valence-electron chi connectivity index (χ1n) is 9.12. The number of aromatic hydroxyl groups is 1. The third-order valence-electron chi connectivity index (χ3n) is 4.06. The van der Waals surface area contributed by atoms with Crippen LogP contribution in [0.5, 0.6) is 11.5 Å². The SMILES string of the molecule is C=CCc1cc(C=C(C#N)C(=O)NCCc2ccccc2)cc(OCC)c1O. The van der Waals surface area contributed by atoms with E-state index in [1.54, 1.807) is 18.2 Å². The van der Waals surface area contributed by atoms with Crippen LogP contribution in [-0.2, 0) is 17.6 Å². The highest BCUT2D eigenvalue weighted by molar-refractivity contribution is 6.01. The highest BCUT2D eigenvalue weighted by atomic mass is 16.5. The minimum absolute atomic E-state index is 0.00856. The summed E-state index contributed by atoms with van der Waals surface area (Å²) in [7, 11) is 0. The van der Waals surface area contributed by atoms with Gasteiger partial charge in [-0.25, -0.2) is 0 Å². The third kappa shape index (κ3) is 5.75. The largest absolute Gasteiger partial charge is 0.504 e. The van der Waals surface area contributed by atoms with Gasteiger partial charge < -0.3 is 15.2 Å². The molecule has 5 nitrogen and oxygen atoms in total. The number of nitrogens with zero attached hydrogens (tertiary/aromatic N) is 1. The number of nitrogens with one attached hydrogen (secondary N) is 1. The number of amides is 1. The first kappa shape index (κ1) is 20.8. The van der Waals surface area contributed by atoms with E-state index in [-0.39, 0.29) is 11.3 Å². The molecule has 0 bridgehead atoms. The van der Waals surface area contributed by atoms with Crippen molar-refractivity contribution in [2.24, 2.45) is 0 Å². The van der Waals surface area contributed by atoms with Crippen LogP contribution in [-0.4, -0.2) is 24.2 Å². The summed E-state index contributed by atoms with van der Waals surface area (Å²) >= 11 is 0. The Balaban J connectivity index is 2.16. The number of benzene rings is 2. The number of ether oxygens (including phenoxy) is 1. The van der Waals surface area contributed by atoms with Crippen molar-refractivity contribution in [3.8, 4) is 17.6 Å². The van der Waals surface area contributed by atoms with Crippen molar-refractivity contribution in [3.05, 3.63) is 77.4 Å². The zero-order valence-corrected chi connectivity index (χ0v) is 15.9. The first-order chi connectivity index (χ1) is 13.6. The van der Waals surface area contributed by atoms with Crippen molar-refractivity contribution in [2.45, 2.75) is 19.8 Å². The normalized spacial score (nSPS) is 10.8. The van der Waals surface area contributed by atoms with Crippen molar-refractivity contribution >= 4 is 12.0 Å². The van der Waals surface area contributed by atoms with Gasteiger partial charge in [-0.1, -0.05) is 36.4 Å². The molecule has 0 saturated carbocycles. The summed E-state index contributed by atoms with van der Waals surface area (Å²) in [5, 5.41) is 22.4. The molecular formula is C23H24N2O3. The summed E-state index contributed by atoms with van der Waals surface area (Å²) in [6.07, 6.45) is 4.29. The van der Waals surface area contributed by atoms with E-state index in [2.05, 4.69) is 11.9 Å². The second-order valence-electron chi connectivity index (χ2n) is 6.11. The minimum atomic E-state index is -0.435. The third-order valence-corrected chi connectivity index (χ3v) is 4.06. The van der Waals surface area contributed by atoms with Gasteiger partial charge in [0.25, 0.3) is 5.91 Å². The Kier molecular flexibility index (Phi) is 7.86. The number of rotatable bonds is 9. The Morgan fingerprint density at radius 3 is 2.71 bits per heavy atom. The standard InChI is InChI=1S/C23H24N2O3/c1-3-8-19-13-18(15-21(22(19)26)28-4-2)14-20(16-24)23(27)25-12-11-17-9-6-5-7-10-17/h3,5-7,9-10,13-15,26H,1,4,8,11-12H2,2H3,(H,25,27). The lowest BCUT2D eigenvalue weighted by Crippen LogP contribution is -2.26. The predicted octanol–water partition coefficient (Wildman–Crippen LogP) is 3.79. The average Bonchev–Trinajstić information content (AvgIpc) is 2.70. The van der Waals surface area contributed by atoms with Gasteiger partial charge in [0.1, 0.15) is 11.6 Å². The van der Waals surface area contributed by atoms with E-state index in [9.17, 15) is 15.2 Å². The summed E-state index contributed by atoms with van der Waals surface area (Å²) in [6, 6.07) is 15.1. The molecule has 0 atom stereocenters. The zero-order chi connectivity index (χ0) is 20.4. The highest BCUT2D eigenvalue weighted by Crippen LogP contribution is 2.33. The van der Waals surface area contributed by atoms with Gasteiger partial charge in [0.15, 0.2) is 11.5 Å². The van der Waals surface area contributed by atoms with Crippen molar-refractivity contribution in [2.75, 3.05) is 13.2 Å². The van der Waals surface area contributed by atoms with Crippen LogP contribution in [0.15, 0.2) is 60.7 Å². The second-order valence-corrected chi connectivity index (χ2v) is 6.11. The summed E-state index contributed by atoms with van der Waals surface area (Å²) in [6.45, 7) is 6.32. The van der Waals surface area contributed by atoms with E-state index >= 15 is 0 Å². The molecule has 144 valence electrons. The molecule has 2 aromatic carbocycles. The Morgan fingerprint density at radius 1 is 1.32 bits per heavy atom. The number of phenols is 1. The van der Waals surface area contributed by atoms with Crippen LogP contribution >= 0.6 is 0 Å². The number of carbonyl (C=O) groups is 1. The van der Waals surface area contributed by atoms with Gasteiger partial charge in [0.2, 0.25) is 0 Å². The maximum absolute atomic E-state index is 12.4. The number of allylic oxidation sites excluding steroid dienone is 1. The topological polar surface area (TPSA) is 82.4 Å². The van der Waals surface area contributed by atoms with Crippen LogP contribution in [0.25, 0.3) is 6.08 Å². The summed E-state index contributed by atoms with van der Waals surface area (Å²) in [4.78, 5) is 12.4. The second kappa shape index (κ2) is 10.6. The molecular weight excluding hydrogens is 352 g/mol. The van der Waals surface area contributed by atoms with Gasteiger partial charge in [0, 0.05) is 12.1 Å². The molecule has 0 spiro atoms. The maximum atomic E-state index is 12.4. The first-order valence-corrected chi connectivity index (χ1v) is 9.12. The minimum Gasteiger partial charge on any atom is -0.504 e. The Labute approximate surface area is 165 Å². The molecule has 1 amide bonds. The highest BCUT2D eigenvalue weighted by Gasteiger charge is 2.13. The van der Waals surface area contributed by atoms with E-state index in [0.29, 0.717) is 42.9 Å². The molecule has 0 aliphatic rings. The lowest BCUT2D eigenvalue weighted by Gasteiger charge is -2.11. The van der Waals surface area contributed by atoms with Crippen LogP contribution < -0.4 is 10.1 Å². The zero-order valence-electron chi connectivity index (χ0n) is 15.9. The van der Waals surface area contributed by atoms with Crippen LogP contribution in [0.2, 0.25) is 0 Å². The van der Waals surface area contributed by atoms with E-state index < -0.39 is 5.91 Å². The van der Waals surface area contributed by atoms with Gasteiger partial charge in [0.05, 0.1) is 6.61 Å². The Hall–Kier alpha value is -3.52.